The summed E-state index contributed by atoms with van der Waals surface area (Å²) in [7, 11) is -0.969. The van der Waals surface area contributed by atoms with E-state index in [1.165, 1.54) is 6.92 Å². The lowest BCUT2D eigenvalue weighted by atomic mass is 10.3. The van der Waals surface area contributed by atoms with Gasteiger partial charge in [0.15, 0.2) is 0 Å². The van der Waals surface area contributed by atoms with Crippen LogP contribution in [0.5, 0.6) is 0 Å². The van der Waals surface area contributed by atoms with Crippen molar-refractivity contribution in [3.8, 4) is 0 Å². The van der Waals surface area contributed by atoms with E-state index in [2.05, 4.69) is 5.32 Å². The second kappa shape index (κ2) is 5.07. The Hall–Kier alpha value is -1.16. The standard InChI is InChI=1S/C11H15NO2S/c1-8(2)15(14)11-6-4-10(5-7-11)12-9(3)13/h4-8H,1-3H3,(H,12,13). The second-order valence-corrected chi connectivity index (χ2v) is 5.56. The van der Waals surface area contributed by atoms with Crippen LogP contribution in [0.3, 0.4) is 0 Å². The first kappa shape index (κ1) is 11.9. The van der Waals surface area contributed by atoms with Gasteiger partial charge in [0.1, 0.15) is 0 Å². The van der Waals surface area contributed by atoms with Gasteiger partial charge < -0.3 is 5.32 Å². The molecule has 3 nitrogen and oxygen atoms in total. The summed E-state index contributed by atoms with van der Waals surface area (Å²) < 4.78 is 11.7. The van der Waals surface area contributed by atoms with Crippen molar-refractivity contribution in [1.29, 1.82) is 0 Å². The number of amides is 1. The van der Waals surface area contributed by atoms with Gasteiger partial charge in [-0.3, -0.25) is 9.00 Å². The van der Waals surface area contributed by atoms with Crippen LogP contribution in [0.2, 0.25) is 0 Å². The summed E-state index contributed by atoms with van der Waals surface area (Å²) in [5.41, 5.74) is 0.729. The molecule has 4 heteroatoms. The van der Waals surface area contributed by atoms with Crippen LogP contribution in [0.1, 0.15) is 20.8 Å². The van der Waals surface area contributed by atoms with Crippen molar-refractivity contribution in [3.05, 3.63) is 24.3 Å². The number of carbonyl (C=O) groups excluding carboxylic acids is 1. The molecule has 1 aromatic carbocycles. The first-order chi connectivity index (χ1) is 7.00. The number of rotatable bonds is 3. The SMILES string of the molecule is CC(=O)Nc1ccc(S(=O)C(C)C)cc1. The van der Waals surface area contributed by atoms with Crippen LogP contribution in [-0.2, 0) is 15.6 Å². The topological polar surface area (TPSA) is 46.2 Å². The van der Waals surface area contributed by atoms with E-state index < -0.39 is 10.8 Å². The van der Waals surface area contributed by atoms with Gasteiger partial charge in [-0.05, 0) is 24.3 Å². The van der Waals surface area contributed by atoms with Crippen molar-refractivity contribution >= 4 is 22.4 Å². The van der Waals surface area contributed by atoms with E-state index in [4.69, 9.17) is 0 Å². The molecule has 0 saturated carbocycles. The number of anilines is 1. The molecule has 0 aliphatic heterocycles. The van der Waals surface area contributed by atoms with Crippen LogP contribution < -0.4 is 5.32 Å². The molecule has 0 saturated heterocycles. The monoisotopic (exact) mass is 225 g/mol. The second-order valence-electron chi connectivity index (χ2n) is 3.55. The maximum Gasteiger partial charge on any atom is 0.221 e. The van der Waals surface area contributed by atoms with Crippen LogP contribution in [0.15, 0.2) is 29.2 Å². The number of carbonyl (C=O) groups is 1. The first-order valence-electron chi connectivity index (χ1n) is 4.79. The van der Waals surface area contributed by atoms with Gasteiger partial charge >= 0.3 is 0 Å². The molecular weight excluding hydrogens is 210 g/mol. The molecule has 0 heterocycles. The van der Waals surface area contributed by atoms with Gasteiger partial charge in [-0.15, -0.1) is 0 Å². The molecule has 0 fully saturated rings. The Morgan fingerprint density at radius 2 is 1.80 bits per heavy atom. The Morgan fingerprint density at radius 1 is 1.27 bits per heavy atom. The highest BCUT2D eigenvalue weighted by Crippen LogP contribution is 2.15. The van der Waals surface area contributed by atoms with Crippen molar-refractivity contribution in [3.63, 3.8) is 0 Å². The molecule has 0 aliphatic carbocycles. The average Bonchev–Trinajstić information content (AvgIpc) is 2.17. The van der Waals surface area contributed by atoms with Gasteiger partial charge in [-0.2, -0.15) is 0 Å². The summed E-state index contributed by atoms with van der Waals surface area (Å²) in [6.45, 7) is 5.29. The Balaban J connectivity index is 2.81. The van der Waals surface area contributed by atoms with Crippen molar-refractivity contribution in [2.75, 3.05) is 5.32 Å². The highest BCUT2D eigenvalue weighted by atomic mass is 32.2. The van der Waals surface area contributed by atoms with Crippen molar-refractivity contribution in [1.82, 2.24) is 0 Å². The van der Waals surface area contributed by atoms with Crippen LogP contribution in [-0.4, -0.2) is 15.4 Å². The van der Waals surface area contributed by atoms with Crippen LogP contribution in [0.4, 0.5) is 5.69 Å². The molecule has 1 atom stereocenters. The largest absolute Gasteiger partial charge is 0.326 e. The highest BCUT2D eigenvalue weighted by molar-refractivity contribution is 7.85. The van der Waals surface area contributed by atoms with Crippen LogP contribution in [0.25, 0.3) is 0 Å². The lowest BCUT2D eigenvalue weighted by Crippen LogP contribution is -2.07. The zero-order valence-corrected chi connectivity index (χ0v) is 9.93. The zero-order chi connectivity index (χ0) is 11.4. The van der Waals surface area contributed by atoms with E-state index in [0.29, 0.717) is 0 Å². The predicted molar refractivity (Wildman–Crippen MR) is 62.3 cm³/mol. The Morgan fingerprint density at radius 3 is 2.20 bits per heavy atom. The third-order valence-corrected chi connectivity index (χ3v) is 3.43. The first-order valence-corrected chi connectivity index (χ1v) is 6.00. The molecule has 1 N–H and O–H groups in total. The molecule has 0 aliphatic rings. The van der Waals surface area contributed by atoms with E-state index in [1.54, 1.807) is 24.3 Å². The normalized spacial score (nSPS) is 12.5. The molecule has 1 rings (SSSR count). The number of hydrogen-bond donors (Lipinski definition) is 1. The van der Waals surface area contributed by atoms with Crippen molar-refractivity contribution in [2.24, 2.45) is 0 Å². The summed E-state index contributed by atoms with van der Waals surface area (Å²) in [5.74, 6) is -0.104. The number of nitrogens with one attached hydrogen (secondary N) is 1. The lowest BCUT2D eigenvalue weighted by molar-refractivity contribution is -0.114. The molecule has 0 bridgehead atoms. The van der Waals surface area contributed by atoms with E-state index in [-0.39, 0.29) is 11.2 Å². The number of benzene rings is 1. The summed E-state index contributed by atoms with van der Waals surface area (Å²) in [5, 5.41) is 2.77. The fraction of sp³-hybridized carbons (Fsp3) is 0.364. The van der Waals surface area contributed by atoms with Crippen LogP contribution in [0, 0.1) is 0 Å². The highest BCUT2D eigenvalue weighted by Gasteiger charge is 2.07. The maximum atomic E-state index is 11.7. The third-order valence-electron chi connectivity index (χ3n) is 1.84. The zero-order valence-electron chi connectivity index (χ0n) is 9.11. The fourth-order valence-corrected chi connectivity index (χ4v) is 2.10. The summed E-state index contributed by atoms with van der Waals surface area (Å²) in [6.07, 6.45) is 0. The Labute approximate surface area is 92.3 Å². The Kier molecular flexibility index (Phi) is 4.03. The molecular formula is C11H15NO2S. The molecule has 0 aromatic heterocycles. The minimum absolute atomic E-state index is 0.104. The molecule has 1 aromatic rings. The van der Waals surface area contributed by atoms with E-state index in [9.17, 15) is 9.00 Å². The van der Waals surface area contributed by atoms with Crippen LogP contribution >= 0.6 is 0 Å². The van der Waals surface area contributed by atoms with Gasteiger partial charge in [-0.25, -0.2) is 0 Å². The van der Waals surface area contributed by atoms with Crippen molar-refractivity contribution < 1.29 is 9.00 Å². The third kappa shape index (κ3) is 3.47. The van der Waals surface area contributed by atoms with Gasteiger partial charge in [0.05, 0.1) is 10.8 Å². The minimum Gasteiger partial charge on any atom is -0.326 e. The summed E-state index contributed by atoms with van der Waals surface area (Å²) >= 11 is 0. The predicted octanol–water partition coefficient (Wildman–Crippen LogP) is 2.16. The van der Waals surface area contributed by atoms with Gasteiger partial charge in [0.25, 0.3) is 0 Å². The molecule has 1 unspecified atom stereocenters. The van der Waals surface area contributed by atoms with E-state index in [1.807, 2.05) is 13.8 Å². The van der Waals surface area contributed by atoms with E-state index >= 15 is 0 Å². The lowest BCUT2D eigenvalue weighted by Gasteiger charge is -2.06. The van der Waals surface area contributed by atoms with Gasteiger partial charge in [-0.1, -0.05) is 13.8 Å². The molecule has 0 radical (unpaired) electrons. The van der Waals surface area contributed by atoms with Gasteiger partial charge in [0.2, 0.25) is 5.91 Å². The van der Waals surface area contributed by atoms with Crippen molar-refractivity contribution in [2.45, 2.75) is 30.9 Å². The molecule has 82 valence electrons. The maximum absolute atomic E-state index is 11.7. The molecule has 15 heavy (non-hydrogen) atoms. The fourth-order valence-electron chi connectivity index (χ4n) is 1.15. The van der Waals surface area contributed by atoms with Gasteiger partial charge in [0, 0.05) is 22.8 Å². The summed E-state index contributed by atoms with van der Waals surface area (Å²) in [4.78, 5) is 11.6. The summed E-state index contributed by atoms with van der Waals surface area (Å²) in [6, 6.07) is 7.08. The molecule has 0 spiro atoms. The Bertz CT molecular complexity index is 371. The minimum atomic E-state index is -0.969. The molecule has 1 amide bonds. The number of hydrogen-bond acceptors (Lipinski definition) is 2. The van der Waals surface area contributed by atoms with E-state index in [0.717, 1.165) is 10.6 Å². The quantitative estimate of drug-likeness (QED) is 0.856. The smallest absolute Gasteiger partial charge is 0.221 e. The average molecular weight is 225 g/mol.